The van der Waals surface area contributed by atoms with E-state index in [4.69, 9.17) is 0 Å². The summed E-state index contributed by atoms with van der Waals surface area (Å²) in [6, 6.07) is -0.511. The van der Waals surface area contributed by atoms with Gasteiger partial charge in [-0.05, 0) is 27.7 Å². The summed E-state index contributed by atoms with van der Waals surface area (Å²) in [7, 11) is 0. The third-order valence-corrected chi connectivity index (χ3v) is 6.27. The number of nitrogens with zero attached hydrogens (tertiary/aromatic N) is 3. The van der Waals surface area contributed by atoms with Crippen LogP contribution in [0, 0.1) is 0 Å². The zero-order chi connectivity index (χ0) is 18.8. The molecule has 0 saturated heterocycles. The number of hydrogen-bond acceptors (Lipinski definition) is 8. The van der Waals surface area contributed by atoms with Crippen molar-refractivity contribution in [1.82, 2.24) is 25.7 Å². The van der Waals surface area contributed by atoms with Crippen LogP contribution in [0.5, 0.6) is 0 Å². The summed E-state index contributed by atoms with van der Waals surface area (Å²) in [5, 5.41) is 12.3. The Morgan fingerprint density at radius 2 is 1.80 bits per heavy atom. The van der Waals surface area contributed by atoms with Crippen LogP contribution in [-0.4, -0.2) is 63.6 Å². The van der Waals surface area contributed by atoms with Gasteiger partial charge < -0.3 is 10.2 Å². The predicted molar refractivity (Wildman–Crippen MR) is 101 cm³/mol. The van der Waals surface area contributed by atoms with Crippen molar-refractivity contribution in [1.29, 1.82) is 0 Å². The molecule has 11 heteroatoms. The van der Waals surface area contributed by atoms with E-state index in [1.165, 1.54) is 34.9 Å². The summed E-state index contributed by atoms with van der Waals surface area (Å²) >= 11 is 3.89. The number of urea groups is 1. The van der Waals surface area contributed by atoms with E-state index in [0.29, 0.717) is 34.1 Å². The number of nitrogens with one attached hydrogen (secondary N) is 2. The zero-order valence-electron chi connectivity index (χ0n) is 14.7. The number of aromatic nitrogens is 2. The summed E-state index contributed by atoms with van der Waals surface area (Å²) in [6.07, 6.45) is 0. The van der Waals surface area contributed by atoms with Crippen LogP contribution in [0.2, 0.25) is 0 Å². The van der Waals surface area contributed by atoms with E-state index >= 15 is 0 Å². The lowest BCUT2D eigenvalue weighted by atomic mass is 10.4. The number of hydrogen-bond donors (Lipinski definition) is 2. The molecule has 1 unspecified atom stereocenters. The van der Waals surface area contributed by atoms with E-state index in [-0.39, 0.29) is 5.91 Å². The molecule has 140 valence electrons. The number of rotatable bonds is 9. The van der Waals surface area contributed by atoms with Gasteiger partial charge in [-0.2, -0.15) is 0 Å². The van der Waals surface area contributed by atoms with Crippen molar-refractivity contribution in [3.63, 3.8) is 0 Å². The minimum absolute atomic E-state index is 0.0640. The minimum atomic E-state index is -0.511. The highest BCUT2D eigenvalue weighted by molar-refractivity contribution is 8.04. The van der Waals surface area contributed by atoms with E-state index < -0.39 is 17.2 Å². The molecule has 1 aromatic rings. The summed E-state index contributed by atoms with van der Waals surface area (Å²) in [5.41, 5.74) is 0. The highest BCUT2D eigenvalue weighted by atomic mass is 32.2. The molecular formula is C14H23N5O3S3. The van der Waals surface area contributed by atoms with Crippen molar-refractivity contribution in [3.8, 4) is 0 Å². The monoisotopic (exact) mass is 405 g/mol. The van der Waals surface area contributed by atoms with Gasteiger partial charge in [-0.1, -0.05) is 34.9 Å². The van der Waals surface area contributed by atoms with E-state index in [1.54, 1.807) is 18.7 Å². The van der Waals surface area contributed by atoms with Crippen molar-refractivity contribution in [2.45, 2.75) is 41.6 Å². The van der Waals surface area contributed by atoms with Crippen LogP contribution in [0.4, 0.5) is 4.79 Å². The average Bonchev–Trinajstić information content (AvgIpc) is 3.01. The van der Waals surface area contributed by atoms with Crippen molar-refractivity contribution < 1.29 is 14.4 Å². The Balaban J connectivity index is 2.48. The zero-order valence-corrected chi connectivity index (χ0v) is 17.1. The summed E-state index contributed by atoms with van der Waals surface area (Å²) in [5.74, 6) is -0.0139. The first kappa shape index (κ1) is 21.7. The van der Waals surface area contributed by atoms with Gasteiger partial charge in [-0.3, -0.25) is 14.9 Å². The first-order chi connectivity index (χ1) is 11.9. The van der Waals surface area contributed by atoms with Crippen LogP contribution >= 0.6 is 34.9 Å². The van der Waals surface area contributed by atoms with Crippen LogP contribution in [0.25, 0.3) is 0 Å². The van der Waals surface area contributed by atoms with Gasteiger partial charge in [0.15, 0.2) is 8.68 Å². The van der Waals surface area contributed by atoms with E-state index in [0.717, 1.165) is 0 Å². The summed E-state index contributed by atoms with van der Waals surface area (Å²) < 4.78 is 1.30. The minimum Gasteiger partial charge on any atom is -0.343 e. The summed E-state index contributed by atoms with van der Waals surface area (Å²) in [4.78, 5) is 37.0. The molecule has 0 aliphatic rings. The Hall–Kier alpha value is -1.33. The largest absolute Gasteiger partial charge is 0.343 e. The Kier molecular flexibility index (Phi) is 9.83. The van der Waals surface area contributed by atoms with Gasteiger partial charge in [-0.25, -0.2) is 4.79 Å². The second-order valence-corrected chi connectivity index (χ2v) is 8.59. The lowest BCUT2D eigenvalue weighted by Gasteiger charge is -2.17. The van der Waals surface area contributed by atoms with Crippen molar-refractivity contribution >= 4 is 52.7 Å². The Morgan fingerprint density at radius 1 is 1.16 bits per heavy atom. The fraction of sp³-hybridized carbons (Fsp3) is 0.643. The van der Waals surface area contributed by atoms with Gasteiger partial charge in [-0.15, -0.1) is 10.2 Å². The fourth-order valence-corrected chi connectivity index (χ4v) is 4.78. The molecule has 0 fully saturated rings. The molecule has 1 heterocycles. The SMILES string of the molecule is CCNC(=O)NC(=O)C(C)Sc1nnc(SCC(=O)N(CC)CC)s1. The van der Waals surface area contributed by atoms with E-state index in [2.05, 4.69) is 20.8 Å². The highest BCUT2D eigenvalue weighted by Crippen LogP contribution is 2.31. The predicted octanol–water partition coefficient (Wildman–Crippen LogP) is 1.82. The number of amides is 4. The second kappa shape index (κ2) is 11.3. The molecule has 0 bridgehead atoms. The molecule has 1 aromatic heterocycles. The number of carbonyl (C=O) groups excluding carboxylic acids is 3. The third kappa shape index (κ3) is 7.61. The molecule has 8 nitrogen and oxygen atoms in total. The topological polar surface area (TPSA) is 104 Å². The maximum atomic E-state index is 12.0. The van der Waals surface area contributed by atoms with Crippen LogP contribution in [0.15, 0.2) is 8.68 Å². The molecule has 0 aromatic carbocycles. The molecule has 0 radical (unpaired) electrons. The van der Waals surface area contributed by atoms with E-state index in [1.807, 2.05) is 13.8 Å². The van der Waals surface area contributed by atoms with Crippen molar-refractivity contribution in [2.24, 2.45) is 0 Å². The molecule has 4 amide bonds. The number of carbonyl (C=O) groups is 3. The first-order valence-corrected chi connectivity index (χ1v) is 10.6. The standard InChI is InChI=1S/C14H23N5O3S3/c1-5-15-12(22)16-11(21)9(4)24-14-18-17-13(25-14)23-8-10(20)19(6-2)7-3/h9H,5-8H2,1-4H3,(H2,15,16,21,22). The fourth-order valence-electron chi connectivity index (χ4n) is 1.72. The molecule has 0 aliphatic carbocycles. The third-order valence-electron chi connectivity index (χ3n) is 3.04. The molecule has 25 heavy (non-hydrogen) atoms. The van der Waals surface area contributed by atoms with Gasteiger partial charge in [0.05, 0.1) is 11.0 Å². The van der Waals surface area contributed by atoms with E-state index in [9.17, 15) is 14.4 Å². The maximum absolute atomic E-state index is 12.0. The molecule has 2 N–H and O–H groups in total. The molecule has 1 rings (SSSR count). The molecule has 0 aliphatic heterocycles. The average molecular weight is 406 g/mol. The van der Waals surface area contributed by atoms with Crippen LogP contribution in [-0.2, 0) is 9.59 Å². The first-order valence-electron chi connectivity index (χ1n) is 7.90. The molecule has 0 spiro atoms. The van der Waals surface area contributed by atoms with Crippen LogP contribution in [0.3, 0.4) is 0 Å². The molecule has 0 saturated carbocycles. The second-order valence-electron chi connectivity index (χ2n) is 4.80. The Bertz CT molecular complexity index is 592. The van der Waals surface area contributed by atoms with Gasteiger partial charge >= 0.3 is 6.03 Å². The quantitative estimate of drug-likeness (QED) is 0.604. The highest BCUT2D eigenvalue weighted by Gasteiger charge is 2.19. The van der Waals surface area contributed by atoms with Crippen LogP contribution in [0.1, 0.15) is 27.7 Å². The van der Waals surface area contributed by atoms with Gasteiger partial charge in [0.25, 0.3) is 0 Å². The normalized spacial score (nSPS) is 11.7. The van der Waals surface area contributed by atoms with Gasteiger partial charge in [0.2, 0.25) is 11.8 Å². The number of thioether (sulfide) groups is 2. The lowest BCUT2D eigenvalue weighted by molar-refractivity contribution is -0.128. The van der Waals surface area contributed by atoms with Gasteiger partial charge in [0, 0.05) is 19.6 Å². The lowest BCUT2D eigenvalue weighted by Crippen LogP contribution is -2.42. The Labute approximate surface area is 159 Å². The molecule has 1 atom stereocenters. The molecular weight excluding hydrogens is 382 g/mol. The smallest absolute Gasteiger partial charge is 0.321 e. The van der Waals surface area contributed by atoms with Crippen molar-refractivity contribution in [3.05, 3.63) is 0 Å². The van der Waals surface area contributed by atoms with Crippen molar-refractivity contribution in [2.75, 3.05) is 25.4 Å². The Morgan fingerprint density at radius 3 is 2.40 bits per heavy atom. The number of imide groups is 1. The maximum Gasteiger partial charge on any atom is 0.321 e. The van der Waals surface area contributed by atoms with Gasteiger partial charge in [0.1, 0.15) is 0 Å². The van der Waals surface area contributed by atoms with Crippen LogP contribution < -0.4 is 10.6 Å². The summed E-state index contributed by atoms with van der Waals surface area (Å²) in [6.45, 7) is 9.17.